The summed E-state index contributed by atoms with van der Waals surface area (Å²) in [6, 6.07) is 0.142. The minimum absolute atomic E-state index is 0.0951. The first-order chi connectivity index (χ1) is 10.00. The minimum Gasteiger partial charge on any atom is -0.481 e. The molecule has 1 unspecified atom stereocenters. The lowest BCUT2D eigenvalue weighted by molar-refractivity contribution is -0.154. The van der Waals surface area contributed by atoms with E-state index in [0.29, 0.717) is 12.8 Å². The van der Waals surface area contributed by atoms with Gasteiger partial charge in [0.25, 0.3) is 0 Å². The number of carbonyl (C=O) groups excluding carboxylic acids is 1. The van der Waals surface area contributed by atoms with Gasteiger partial charge in [-0.15, -0.1) is 0 Å². The Kier molecular flexibility index (Phi) is 7.76. The maximum absolute atomic E-state index is 12.1. The van der Waals surface area contributed by atoms with E-state index < -0.39 is 11.4 Å². The Bertz CT molecular complexity index is 335. The second kappa shape index (κ2) is 9.06. The van der Waals surface area contributed by atoms with Gasteiger partial charge in [-0.05, 0) is 26.2 Å². The lowest BCUT2D eigenvalue weighted by Crippen LogP contribution is -2.41. The number of hydrogen-bond donors (Lipinski definition) is 2. The molecule has 2 N–H and O–H groups in total. The molecule has 0 bridgehead atoms. The maximum Gasteiger partial charge on any atom is 0.310 e. The van der Waals surface area contributed by atoms with Crippen molar-refractivity contribution in [2.45, 2.75) is 90.5 Å². The van der Waals surface area contributed by atoms with Crippen molar-refractivity contribution in [3.8, 4) is 0 Å². The van der Waals surface area contributed by atoms with Gasteiger partial charge in [-0.3, -0.25) is 9.59 Å². The summed E-state index contributed by atoms with van der Waals surface area (Å²) in [6.45, 7) is 4.19. The highest BCUT2D eigenvalue weighted by Gasteiger charge is 2.41. The summed E-state index contributed by atoms with van der Waals surface area (Å²) < 4.78 is 0. The van der Waals surface area contributed by atoms with Crippen LogP contribution in [0.1, 0.15) is 84.5 Å². The third kappa shape index (κ3) is 6.06. The number of carboxylic acid groups (broad SMARTS) is 1. The molecular weight excluding hydrogens is 266 g/mol. The molecule has 0 aromatic heterocycles. The second-order valence-corrected chi connectivity index (χ2v) is 6.64. The molecule has 1 saturated carbocycles. The molecule has 1 fully saturated rings. The van der Waals surface area contributed by atoms with E-state index in [1.807, 2.05) is 6.92 Å². The van der Waals surface area contributed by atoms with Crippen LogP contribution < -0.4 is 5.32 Å². The van der Waals surface area contributed by atoms with Crippen LogP contribution in [0.3, 0.4) is 0 Å². The molecule has 0 aliphatic heterocycles. The Hall–Kier alpha value is -1.06. The normalized spacial score (nSPS) is 19.0. The van der Waals surface area contributed by atoms with E-state index in [2.05, 4.69) is 12.2 Å². The van der Waals surface area contributed by atoms with Crippen LogP contribution in [0.4, 0.5) is 0 Å². The van der Waals surface area contributed by atoms with Gasteiger partial charge in [0.1, 0.15) is 0 Å². The van der Waals surface area contributed by atoms with Gasteiger partial charge >= 0.3 is 5.97 Å². The molecule has 1 atom stereocenters. The van der Waals surface area contributed by atoms with E-state index in [-0.39, 0.29) is 18.4 Å². The number of unbranched alkanes of at least 4 members (excludes halogenated alkanes) is 3. The lowest BCUT2D eigenvalue weighted by Gasteiger charge is -2.32. The van der Waals surface area contributed by atoms with Crippen molar-refractivity contribution in [3.05, 3.63) is 0 Å². The SMILES string of the molecule is CCCCCCC(C)NC(=O)CC1(C(=O)O)CCCCC1. The Morgan fingerprint density at radius 3 is 2.38 bits per heavy atom. The zero-order valence-corrected chi connectivity index (χ0v) is 13.6. The summed E-state index contributed by atoms with van der Waals surface area (Å²) in [5.74, 6) is -0.893. The Morgan fingerprint density at radius 1 is 1.14 bits per heavy atom. The number of carbonyl (C=O) groups is 2. The van der Waals surface area contributed by atoms with Gasteiger partial charge in [0.15, 0.2) is 0 Å². The largest absolute Gasteiger partial charge is 0.481 e. The third-order valence-electron chi connectivity index (χ3n) is 4.66. The van der Waals surface area contributed by atoms with Crippen molar-refractivity contribution in [2.75, 3.05) is 0 Å². The van der Waals surface area contributed by atoms with Crippen molar-refractivity contribution >= 4 is 11.9 Å². The van der Waals surface area contributed by atoms with Crippen LogP contribution in [0.25, 0.3) is 0 Å². The van der Waals surface area contributed by atoms with Crippen LogP contribution >= 0.6 is 0 Å². The predicted molar refractivity (Wildman–Crippen MR) is 84.1 cm³/mol. The second-order valence-electron chi connectivity index (χ2n) is 6.64. The fourth-order valence-corrected chi connectivity index (χ4v) is 3.28. The van der Waals surface area contributed by atoms with Crippen LogP contribution in [0.15, 0.2) is 0 Å². The quantitative estimate of drug-likeness (QED) is 0.635. The lowest BCUT2D eigenvalue weighted by atomic mass is 9.71. The number of rotatable bonds is 9. The highest BCUT2D eigenvalue weighted by molar-refractivity contribution is 5.85. The first kappa shape index (κ1) is 18.0. The third-order valence-corrected chi connectivity index (χ3v) is 4.66. The molecular formula is C17H31NO3. The molecule has 122 valence electrons. The van der Waals surface area contributed by atoms with Gasteiger partial charge in [-0.2, -0.15) is 0 Å². The molecule has 1 aliphatic rings. The van der Waals surface area contributed by atoms with E-state index in [0.717, 1.165) is 32.1 Å². The highest BCUT2D eigenvalue weighted by atomic mass is 16.4. The summed E-state index contributed by atoms with van der Waals surface area (Å²) in [7, 11) is 0. The van der Waals surface area contributed by atoms with Crippen LogP contribution in [-0.2, 0) is 9.59 Å². The zero-order chi connectivity index (χ0) is 15.7. The molecule has 21 heavy (non-hydrogen) atoms. The molecule has 0 heterocycles. The van der Waals surface area contributed by atoms with Crippen molar-refractivity contribution in [2.24, 2.45) is 5.41 Å². The summed E-state index contributed by atoms with van der Waals surface area (Å²) in [5.41, 5.74) is -0.815. The molecule has 0 radical (unpaired) electrons. The molecule has 4 nitrogen and oxygen atoms in total. The van der Waals surface area contributed by atoms with Crippen LogP contribution in [0.5, 0.6) is 0 Å². The predicted octanol–water partition coefficient (Wildman–Crippen LogP) is 3.89. The average Bonchev–Trinajstić information content (AvgIpc) is 2.44. The molecule has 0 aromatic carbocycles. The van der Waals surface area contributed by atoms with E-state index in [1.54, 1.807) is 0 Å². The van der Waals surface area contributed by atoms with Crippen LogP contribution in [0, 0.1) is 5.41 Å². The number of hydrogen-bond acceptors (Lipinski definition) is 2. The fourth-order valence-electron chi connectivity index (χ4n) is 3.28. The molecule has 0 aromatic rings. The van der Waals surface area contributed by atoms with Gasteiger partial charge in [0, 0.05) is 12.5 Å². The smallest absolute Gasteiger partial charge is 0.310 e. The summed E-state index contributed by atoms with van der Waals surface area (Å²) in [5, 5.41) is 12.5. The van der Waals surface area contributed by atoms with E-state index in [1.165, 1.54) is 19.3 Å². The van der Waals surface area contributed by atoms with Crippen molar-refractivity contribution in [1.82, 2.24) is 5.32 Å². The molecule has 1 rings (SSSR count). The molecule has 1 aliphatic carbocycles. The standard InChI is InChI=1S/C17H31NO3/c1-3-4-5-7-10-14(2)18-15(19)13-17(16(20)21)11-8-6-9-12-17/h14H,3-13H2,1-2H3,(H,18,19)(H,20,21). The molecule has 4 heteroatoms. The van der Waals surface area contributed by atoms with Gasteiger partial charge in [-0.1, -0.05) is 51.9 Å². The van der Waals surface area contributed by atoms with Gasteiger partial charge in [0.05, 0.1) is 5.41 Å². The minimum atomic E-state index is -0.815. The van der Waals surface area contributed by atoms with E-state index in [4.69, 9.17) is 0 Å². The maximum atomic E-state index is 12.1. The van der Waals surface area contributed by atoms with Crippen molar-refractivity contribution in [1.29, 1.82) is 0 Å². The Morgan fingerprint density at radius 2 is 1.81 bits per heavy atom. The Balaban J connectivity index is 2.38. The fraction of sp³-hybridized carbons (Fsp3) is 0.882. The van der Waals surface area contributed by atoms with Crippen LogP contribution in [-0.4, -0.2) is 23.0 Å². The summed E-state index contributed by atoms with van der Waals surface area (Å²) in [4.78, 5) is 23.7. The first-order valence-corrected chi connectivity index (χ1v) is 8.53. The molecule has 0 saturated heterocycles. The first-order valence-electron chi connectivity index (χ1n) is 8.53. The Labute approximate surface area is 128 Å². The summed E-state index contributed by atoms with van der Waals surface area (Å²) >= 11 is 0. The van der Waals surface area contributed by atoms with Crippen LogP contribution in [0.2, 0.25) is 0 Å². The highest BCUT2D eigenvalue weighted by Crippen LogP contribution is 2.39. The number of nitrogens with one attached hydrogen (secondary N) is 1. The van der Waals surface area contributed by atoms with Gasteiger partial charge < -0.3 is 10.4 Å². The van der Waals surface area contributed by atoms with E-state index in [9.17, 15) is 14.7 Å². The number of aliphatic carboxylic acids is 1. The van der Waals surface area contributed by atoms with E-state index >= 15 is 0 Å². The van der Waals surface area contributed by atoms with Gasteiger partial charge in [0.2, 0.25) is 5.91 Å². The average molecular weight is 297 g/mol. The zero-order valence-electron chi connectivity index (χ0n) is 13.6. The molecule has 0 spiro atoms. The number of carboxylic acids is 1. The van der Waals surface area contributed by atoms with Crippen molar-refractivity contribution < 1.29 is 14.7 Å². The number of amides is 1. The monoisotopic (exact) mass is 297 g/mol. The topological polar surface area (TPSA) is 66.4 Å². The summed E-state index contributed by atoms with van der Waals surface area (Å²) in [6.07, 6.45) is 10.1. The van der Waals surface area contributed by atoms with Crippen molar-refractivity contribution in [3.63, 3.8) is 0 Å². The molecule has 1 amide bonds. The van der Waals surface area contributed by atoms with Gasteiger partial charge in [-0.25, -0.2) is 0 Å².